The number of ether oxygens (including phenoxy) is 3. The Balaban J connectivity index is 1.49. The fraction of sp³-hybridized carbons (Fsp3) is 0.316. The quantitative estimate of drug-likeness (QED) is 0.737. The summed E-state index contributed by atoms with van der Waals surface area (Å²) in [6.07, 6.45) is 1.83. The lowest BCUT2D eigenvalue weighted by atomic mass is 10.1. The Labute approximate surface area is 140 Å². The van der Waals surface area contributed by atoms with Gasteiger partial charge in [-0.3, -0.25) is 0 Å². The molecule has 124 valence electrons. The van der Waals surface area contributed by atoms with E-state index in [1.165, 1.54) is 11.1 Å². The van der Waals surface area contributed by atoms with Crippen LogP contribution in [-0.4, -0.2) is 29.4 Å². The van der Waals surface area contributed by atoms with Gasteiger partial charge in [0.25, 0.3) is 0 Å². The number of rotatable bonds is 4. The van der Waals surface area contributed by atoms with E-state index >= 15 is 0 Å². The zero-order chi connectivity index (χ0) is 16.5. The second-order valence-corrected chi connectivity index (χ2v) is 6.02. The van der Waals surface area contributed by atoms with Gasteiger partial charge in [0.1, 0.15) is 25.6 Å². The maximum atomic E-state index is 5.87. The highest BCUT2D eigenvalue weighted by Gasteiger charge is 2.15. The van der Waals surface area contributed by atoms with E-state index in [1.807, 2.05) is 24.5 Å². The number of aromatic nitrogens is 2. The zero-order valence-electron chi connectivity index (χ0n) is 13.9. The van der Waals surface area contributed by atoms with Gasteiger partial charge in [-0.05, 0) is 37.1 Å². The Hall–Kier alpha value is -2.69. The van der Waals surface area contributed by atoms with Crippen molar-refractivity contribution >= 4 is 11.0 Å². The fourth-order valence-corrected chi connectivity index (χ4v) is 2.84. The molecule has 1 aliphatic heterocycles. The molecule has 0 radical (unpaired) electrons. The van der Waals surface area contributed by atoms with Crippen molar-refractivity contribution in [2.75, 3.05) is 19.8 Å². The summed E-state index contributed by atoms with van der Waals surface area (Å²) in [5.41, 5.74) is 4.45. The van der Waals surface area contributed by atoms with Crippen LogP contribution in [0.25, 0.3) is 11.0 Å². The van der Waals surface area contributed by atoms with Gasteiger partial charge in [-0.15, -0.1) is 0 Å². The minimum absolute atomic E-state index is 0.586. The summed E-state index contributed by atoms with van der Waals surface area (Å²) in [6.45, 7) is 6.68. The summed E-state index contributed by atoms with van der Waals surface area (Å²) in [5, 5.41) is 0. The topological polar surface area (TPSA) is 45.5 Å². The van der Waals surface area contributed by atoms with Gasteiger partial charge in [-0.2, -0.15) is 0 Å². The molecule has 2 aromatic carbocycles. The first-order chi connectivity index (χ1) is 11.7. The van der Waals surface area contributed by atoms with Gasteiger partial charge in [0.05, 0.1) is 23.9 Å². The molecule has 5 heteroatoms. The Kier molecular flexibility index (Phi) is 3.76. The lowest BCUT2D eigenvalue weighted by Crippen LogP contribution is -2.15. The molecule has 0 aliphatic carbocycles. The molecule has 5 nitrogen and oxygen atoms in total. The molecular formula is C19H20N2O3. The van der Waals surface area contributed by atoms with Gasteiger partial charge in [0.15, 0.2) is 11.5 Å². The van der Waals surface area contributed by atoms with Gasteiger partial charge < -0.3 is 18.8 Å². The summed E-state index contributed by atoms with van der Waals surface area (Å²) in [6, 6.07) is 10.1. The lowest BCUT2D eigenvalue weighted by Gasteiger charge is -2.18. The number of benzene rings is 2. The number of hydrogen-bond donors (Lipinski definition) is 0. The van der Waals surface area contributed by atoms with Crippen LogP contribution in [0.15, 0.2) is 36.7 Å². The first kappa shape index (κ1) is 14.9. The molecule has 3 aromatic rings. The van der Waals surface area contributed by atoms with E-state index in [0.717, 1.165) is 34.8 Å². The Bertz CT molecular complexity index is 886. The molecule has 0 fully saturated rings. The molecule has 2 heterocycles. The van der Waals surface area contributed by atoms with Crippen molar-refractivity contribution < 1.29 is 14.2 Å². The number of imidazole rings is 1. The molecule has 1 aromatic heterocycles. The molecule has 24 heavy (non-hydrogen) atoms. The number of nitrogens with zero attached hydrogens (tertiary/aromatic N) is 2. The molecule has 0 unspecified atom stereocenters. The van der Waals surface area contributed by atoms with Gasteiger partial charge in [-0.1, -0.05) is 6.07 Å². The summed E-state index contributed by atoms with van der Waals surface area (Å²) in [5.74, 6) is 2.45. The van der Waals surface area contributed by atoms with Crippen LogP contribution in [0.4, 0.5) is 0 Å². The maximum absolute atomic E-state index is 5.87. The van der Waals surface area contributed by atoms with Crippen molar-refractivity contribution in [1.82, 2.24) is 9.55 Å². The molecule has 0 saturated carbocycles. The Morgan fingerprint density at radius 2 is 1.83 bits per heavy atom. The third-order valence-electron chi connectivity index (χ3n) is 4.36. The van der Waals surface area contributed by atoms with Gasteiger partial charge in [-0.25, -0.2) is 4.98 Å². The van der Waals surface area contributed by atoms with E-state index in [-0.39, 0.29) is 0 Å². The first-order valence-electron chi connectivity index (χ1n) is 8.15. The second-order valence-electron chi connectivity index (χ2n) is 6.02. The average molecular weight is 324 g/mol. The monoisotopic (exact) mass is 324 g/mol. The van der Waals surface area contributed by atoms with E-state index in [9.17, 15) is 0 Å². The first-order valence-corrected chi connectivity index (χ1v) is 8.15. The molecule has 0 saturated heterocycles. The standard InChI is InChI=1S/C19H20N2O3/c1-13-3-4-15(9-14(13)2)22-6-5-21-12-20-16-10-18-19(11-17(16)21)24-8-7-23-18/h3-4,9-12H,5-8H2,1-2H3. The summed E-state index contributed by atoms with van der Waals surface area (Å²) < 4.78 is 19.2. The highest BCUT2D eigenvalue weighted by atomic mass is 16.6. The number of aryl methyl sites for hydroxylation is 2. The van der Waals surface area contributed by atoms with Crippen molar-refractivity contribution in [3.8, 4) is 17.2 Å². The third-order valence-corrected chi connectivity index (χ3v) is 4.36. The number of hydrogen-bond acceptors (Lipinski definition) is 4. The van der Waals surface area contributed by atoms with E-state index in [4.69, 9.17) is 14.2 Å². The molecule has 1 aliphatic rings. The molecular weight excluding hydrogens is 304 g/mol. The van der Waals surface area contributed by atoms with Gasteiger partial charge in [0, 0.05) is 12.1 Å². The normalized spacial score (nSPS) is 13.2. The van der Waals surface area contributed by atoms with Crippen LogP contribution in [0, 0.1) is 13.8 Å². The van der Waals surface area contributed by atoms with E-state index in [2.05, 4.69) is 35.5 Å². The van der Waals surface area contributed by atoms with Crippen LogP contribution in [0.3, 0.4) is 0 Å². The van der Waals surface area contributed by atoms with Crippen LogP contribution < -0.4 is 14.2 Å². The minimum Gasteiger partial charge on any atom is -0.492 e. The van der Waals surface area contributed by atoms with E-state index < -0.39 is 0 Å². The number of fused-ring (bicyclic) bond motifs is 2. The van der Waals surface area contributed by atoms with Crippen LogP contribution in [-0.2, 0) is 6.54 Å². The molecule has 0 spiro atoms. The predicted octanol–water partition coefficient (Wildman–Crippen LogP) is 3.50. The van der Waals surface area contributed by atoms with Crippen molar-refractivity contribution in [2.24, 2.45) is 0 Å². The lowest BCUT2D eigenvalue weighted by molar-refractivity contribution is 0.172. The SMILES string of the molecule is Cc1ccc(OCCn2cnc3cc4c(cc32)OCCO4)cc1C. The third kappa shape index (κ3) is 2.77. The summed E-state index contributed by atoms with van der Waals surface area (Å²) in [7, 11) is 0. The second kappa shape index (κ2) is 6.07. The predicted molar refractivity (Wildman–Crippen MR) is 92.1 cm³/mol. The fourth-order valence-electron chi connectivity index (χ4n) is 2.84. The minimum atomic E-state index is 0.586. The Morgan fingerprint density at radius 3 is 2.62 bits per heavy atom. The molecule has 4 rings (SSSR count). The van der Waals surface area contributed by atoms with E-state index in [0.29, 0.717) is 19.8 Å². The van der Waals surface area contributed by atoms with Gasteiger partial charge >= 0.3 is 0 Å². The van der Waals surface area contributed by atoms with Crippen molar-refractivity contribution in [1.29, 1.82) is 0 Å². The molecule has 0 N–H and O–H groups in total. The van der Waals surface area contributed by atoms with E-state index in [1.54, 1.807) is 0 Å². The van der Waals surface area contributed by atoms with Crippen LogP contribution in [0.5, 0.6) is 17.2 Å². The van der Waals surface area contributed by atoms with Crippen molar-refractivity contribution in [2.45, 2.75) is 20.4 Å². The zero-order valence-corrected chi connectivity index (χ0v) is 13.9. The highest BCUT2D eigenvalue weighted by Crippen LogP contribution is 2.34. The maximum Gasteiger partial charge on any atom is 0.163 e. The Morgan fingerprint density at radius 1 is 1.04 bits per heavy atom. The molecule has 0 bridgehead atoms. The molecule has 0 amide bonds. The average Bonchev–Trinajstić information content (AvgIpc) is 2.98. The van der Waals surface area contributed by atoms with Crippen LogP contribution in [0.1, 0.15) is 11.1 Å². The van der Waals surface area contributed by atoms with Crippen molar-refractivity contribution in [3.05, 3.63) is 47.8 Å². The smallest absolute Gasteiger partial charge is 0.163 e. The van der Waals surface area contributed by atoms with Crippen molar-refractivity contribution in [3.63, 3.8) is 0 Å². The largest absolute Gasteiger partial charge is 0.492 e. The summed E-state index contributed by atoms with van der Waals surface area (Å²) >= 11 is 0. The molecule has 0 atom stereocenters. The van der Waals surface area contributed by atoms with Crippen LogP contribution in [0.2, 0.25) is 0 Å². The highest BCUT2D eigenvalue weighted by molar-refractivity contribution is 5.80. The van der Waals surface area contributed by atoms with Gasteiger partial charge in [0.2, 0.25) is 0 Å². The summed E-state index contributed by atoms with van der Waals surface area (Å²) in [4.78, 5) is 4.45. The van der Waals surface area contributed by atoms with Crippen LogP contribution >= 0.6 is 0 Å².